The van der Waals surface area contributed by atoms with Crippen molar-refractivity contribution in [3.05, 3.63) is 59.2 Å². The van der Waals surface area contributed by atoms with Gasteiger partial charge in [0.25, 0.3) is 0 Å². The van der Waals surface area contributed by atoms with E-state index in [0.29, 0.717) is 22.8 Å². The van der Waals surface area contributed by atoms with Gasteiger partial charge < -0.3 is 14.6 Å². The van der Waals surface area contributed by atoms with Gasteiger partial charge in [0.15, 0.2) is 11.5 Å². The molecule has 116 valence electrons. The predicted octanol–water partition coefficient (Wildman–Crippen LogP) is 3.27. The number of benzene rings is 2. The Kier molecular flexibility index (Phi) is 5.86. The summed E-state index contributed by atoms with van der Waals surface area (Å²) < 4.78 is 10.9. The number of esters is 1. The van der Waals surface area contributed by atoms with Gasteiger partial charge in [0.05, 0.1) is 19.3 Å². The van der Waals surface area contributed by atoms with Crippen molar-refractivity contribution < 1.29 is 19.4 Å². The van der Waals surface area contributed by atoms with Gasteiger partial charge in [-0.05, 0) is 36.1 Å². The molecule has 4 nitrogen and oxygen atoms in total. The van der Waals surface area contributed by atoms with Gasteiger partial charge in [-0.1, -0.05) is 18.2 Å². The van der Waals surface area contributed by atoms with Gasteiger partial charge in [-0.25, -0.2) is 4.79 Å². The lowest BCUT2D eigenvalue weighted by molar-refractivity contribution is 0.0728. The minimum atomic E-state index is -0.432. The van der Waals surface area contributed by atoms with Crippen molar-refractivity contribution in [3.8, 4) is 11.5 Å². The smallest absolute Gasteiger partial charge is 0.343 e. The van der Waals surface area contributed by atoms with Crippen LogP contribution >= 0.6 is 11.8 Å². The lowest BCUT2D eigenvalue weighted by Crippen LogP contribution is -2.11. The van der Waals surface area contributed by atoms with Crippen molar-refractivity contribution >= 4 is 17.7 Å². The van der Waals surface area contributed by atoms with Crippen molar-refractivity contribution in [1.29, 1.82) is 0 Å². The second-order valence-electron chi connectivity index (χ2n) is 4.63. The molecule has 22 heavy (non-hydrogen) atoms. The van der Waals surface area contributed by atoms with Crippen LogP contribution in [0.4, 0.5) is 0 Å². The van der Waals surface area contributed by atoms with E-state index in [-0.39, 0.29) is 6.61 Å². The number of aliphatic hydroxyl groups is 1. The number of thioether (sulfide) groups is 1. The highest BCUT2D eigenvalue weighted by molar-refractivity contribution is 7.97. The maximum atomic E-state index is 12.3. The highest BCUT2D eigenvalue weighted by Gasteiger charge is 2.17. The van der Waals surface area contributed by atoms with E-state index in [9.17, 15) is 9.90 Å². The number of aliphatic hydroxyl groups excluding tert-OH is 1. The number of methoxy groups -OCH3 is 1. The highest BCUT2D eigenvalue weighted by Crippen LogP contribution is 2.35. The number of ether oxygens (including phenoxy) is 2. The Morgan fingerprint density at radius 3 is 2.55 bits per heavy atom. The summed E-state index contributed by atoms with van der Waals surface area (Å²) in [6.45, 7) is -0.0926. The average molecular weight is 318 g/mol. The Balaban J connectivity index is 2.38. The van der Waals surface area contributed by atoms with E-state index in [1.165, 1.54) is 7.11 Å². The summed E-state index contributed by atoms with van der Waals surface area (Å²) in [6.07, 6.45) is 1.96. The summed E-state index contributed by atoms with van der Waals surface area (Å²) in [5.41, 5.74) is 2.02. The molecule has 0 heterocycles. The first-order valence-electron chi connectivity index (χ1n) is 6.76. The minimum Gasteiger partial charge on any atom is -0.493 e. The van der Waals surface area contributed by atoms with Crippen LogP contribution in [0.25, 0.3) is 0 Å². The second-order valence-corrected chi connectivity index (χ2v) is 5.50. The summed E-state index contributed by atoms with van der Waals surface area (Å²) in [4.78, 5) is 12.3. The zero-order valence-corrected chi connectivity index (χ0v) is 13.4. The van der Waals surface area contributed by atoms with Crippen LogP contribution in [0.2, 0.25) is 0 Å². The maximum absolute atomic E-state index is 12.3. The molecule has 0 amide bonds. The summed E-state index contributed by atoms with van der Waals surface area (Å²) in [6, 6.07) is 12.3. The van der Waals surface area contributed by atoms with Gasteiger partial charge in [0.2, 0.25) is 0 Å². The fourth-order valence-electron chi connectivity index (χ4n) is 2.07. The molecule has 2 aromatic carbocycles. The van der Waals surface area contributed by atoms with Gasteiger partial charge in [0.1, 0.15) is 0 Å². The quantitative estimate of drug-likeness (QED) is 0.654. The first kappa shape index (κ1) is 16.4. The largest absolute Gasteiger partial charge is 0.493 e. The zero-order chi connectivity index (χ0) is 15.9. The van der Waals surface area contributed by atoms with E-state index in [0.717, 1.165) is 11.1 Å². The minimum absolute atomic E-state index is 0.0926. The zero-order valence-electron chi connectivity index (χ0n) is 12.5. The van der Waals surface area contributed by atoms with Crippen LogP contribution < -0.4 is 9.47 Å². The first-order chi connectivity index (χ1) is 10.7. The van der Waals surface area contributed by atoms with E-state index in [1.54, 1.807) is 42.1 Å². The van der Waals surface area contributed by atoms with E-state index < -0.39 is 5.97 Å². The predicted molar refractivity (Wildman–Crippen MR) is 87.5 cm³/mol. The Labute approximate surface area is 134 Å². The number of carbonyl (C=O) groups excluding carboxylic acids is 1. The number of carbonyl (C=O) groups is 1. The molecule has 2 rings (SSSR count). The summed E-state index contributed by atoms with van der Waals surface area (Å²) in [5, 5.41) is 9.33. The van der Waals surface area contributed by atoms with Crippen LogP contribution in [0, 0.1) is 0 Å². The molecule has 0 aliphatic rings. The van der Waals surface area contributed by atoms with Gasteiger partial charge in [-0.15, -0.1) is 0 Å². The van der Waals surface area contributed by atoms with Crippen molar-refractivity contribution in [2.24, 2.45) is 0 Å². The van der Waals surface area contributed by atoms with Crippen LogP contribution in [0.1, 0.15) is 21.5 Å². The molecule has 0 aliphatic heterocycles. The first-order valence-corrected chi connectivity index (χ1v) is 8.15. The third-order valence-electron chi connectivity index (χ3n) is 3.10. The molecular formula is C17H18O4S. The molecule has 0 saturated heterocycles. The summed E-state index contributed by atoms with van der Waals surface area (Å²) in [5.74, 6) is 1.07. The second kappa shape index (κ2) is 7.87. The van der Waals surface area contributed by atoms with Crippen LogP contribution in [0.15, 0.2) is 42.5 Å². The number of hydrogen-bond acceptors (Lipinski definition) is 5. The average Bonchev–Trinajstić information content (AvgIpc) is 2.57. The monoisotopic (exact) mass is 318 g/mol. The van der Waals surface area contributed by atoms with Gasteiger partial charge in [-0.3, -0.25) is 0 Å². The molecule has 0 unspecified atom stereocenters. The van der Waals surface area contributed by atoms with Gasteiger partial charge in [-0.2, -0.15) is 11.8 Å². The van der Waals surface area contributed by atoms with Gasteiger partial charge >= 0.3 is 5.97 Å². The molecule has 5 heteroatoms. The van der Waals surface area contributed by atoms with Crippen molar-refractivity contribution in [1.82, 2.24) is 0 Å². The Morgan fingerprint density at radius 2 is 1.95 bits per heavy atom. The van der Waals surface area contributed by atoms with Crippen molar-refractivity contribution in [3.63, 3.8) is 0 Å². The fourth-order valence-corrected chi connectivity index (χ4v) is 2.60. The lowest BCUT2D eigenvalue weighted by Gasteiger charge is -2.15. The molecule has 0 bridgehead atoms. The van der Waals surface area contributed by atoms with Gasteiger partial charge in [0, 0.05) is 11.3 Å². The van der Waals surface area contributed by atoms with Crippen LogP contribution in [-0.4, -0.2) is 24.4 Å². The van der Waals surface area contributed by atoms with E-state index in [2.05, 4.69) is 0 Å². The van der Waals surface area contributed by atoms with Crippen LogP contribution in [0.3, 0.4) is 0 Å². The van der Waals surface area contributed by atoms with Crippen molar-refractivity contribution in [2.45, 2.75) is 12.4 Å². The molecular weight excluding hydrogens is 300 g/mol. The molecule has 0 saturated carbocycles. The topological polar surface area (TPSA) is 55.8 Å². The summed E-state index contributed by atoms with van der Waals surface area (Å²) >= 11 is 1.60. The summed E-state index contributed by atoms with van der Waals surface area (Å²) in [7, 11) is 1.51. The third kappa shape index (κ3) is 3.81. The van der Waals surface area contributed by atoms with E-state index in [1.807, 2.05) is 18.4 Å². The molecule has 0 aromatic heterocycles. The Bertz CT molecular complexity index is 641. The molecule has 0 atom stereocenters. The highest BCUT2D eigenvalue weighted by atomic mass is 32.2. The molecule has 0 aliphatic carbocycles. The van der Waals surface area contributed by atoms with Crippen molar-refractivity contribution in [2.75, 3.05) is 13.4 Å². The van der Waals surface area contributed by atoms with E-state index in [4.69, 9.17) is 9.47 Å². The SMILES string of the molecule is COc1cc(CO)cc(CSC)c1OC(=O)c1ccccc1. The van der Waals surface area contributed by atoms with E-state index >= 15 is 0 Å². The molecule has 0 radical (unpaired) electrons. The normalized spacial score (nSPS) is 10.3. The van der Waals surface area contributed by atoms with Crippen LogP contribution in [-0.2, 0) is 12.4 Å². The van der Waals surface area contributed by atoms with Crippen LogP contribution in [0.5, 0.6) is 11.5 Å². The molecule has 2 aromatic rings. The Hall–Kier alpha value is -1.98. The lowest BCUT2D eigenvalue weighted by atomic mass is 10.1. The standard InChI is InChI=1S/C17H18O4S/c1-20-15-9-12(10-18)8-14(11-22-2)16(15)21-17(19)13-6-4-3-5-7-13/h3-9,18H,10-11H2,1-2H3. The number of rotatable bonds is 6. The molecule has 0 fully saturated rings. The fraction of sp³-hybridized carbons (Fsp3) is 0.235. The number of hydrogen-bond donors (Lipinski definition) is 1. The Morgan fingerprint density at radius 1 is 1.23 bits per heavy atom. The maximum Gasteiger partial charge on any atom is 0.343 e. The molecule has 0 spiro atoms. The third-order valence-corrected chi connectivity index (χ3v) is 3.70. The molecule has 1 N–H and O–H groups in total.